The van der Waals surface area contributed by atoms with Gasteiger partial charge in [-0.3, -0.25) is 4.79 Å². The van der Waals surface area contributed by atoms with Gasteiger partial charge in [0, 0.05) is 37.6 Å². The van der Waals surface area contributed by atoms with Crippen LogP contribution in [0.15, 0.2) is 42.5 Å². The lowest BCUT2D eigenvalue weighted by Crippen LogP contribution is -2.46. The van der Waals surface area contributed by atoms with Gasteiger partial charge >= 0.3 is 0 Å². The average Bonchev–Trinajstić information content (AvgIpc) is 2.73. The van der Waals surface area contributed by atoms with Crippen LogP contribution in [0.4, 0.5) is 11.4 Å². The molecular formula is C23H29N3O2. The summed E-state index contributed by atoms with van der Waals surface area (Å²) in [6.45, 7) is 10.2. The molecule has 5 heteroatoms. The number of carbonyl (C=O) groups is 1. The molecule has 1 unspecified atom stereocenters. The Kier molecular flexibility index (Phi) is 5.53. The maximum absolute atomic E-state index is 12.7. The number of carbonyl (C=O) groups excluding carboxylic acids is 1. The fraction of sp³-hybridized carbons (Fsp3) is 0.435. The van der Waals surface area contributed by atoms with E-state index < -0.39 is 0 Å². The van der Waals surface area contributed by atoms with Crippen molar-refractivity contribution >= 4 is 17.3 Å². The van der Waals surface area contributed by atoms with Gasteiger partial charge < -0.3 is 19.9 Å². The van der Waals surface area contributed by atoms with Gasteiger partial charge in [-0.2, -0.15) is 0 Å². The van der Waals surface area contributed by atoms with Crippen molar-refractivity contribution in [3.05, 3.63) is 53.6 Å². The second kappa shape index (κ2) is 8.23. The Bertz CT molecular complexity index is 843. The summed E-state index contributed by atoms with van der Waals surface area (Å²) < 4.78 is 5.76. The molecule has 2 aromatic rings. The lowest BCUT2D eigenvalue weighted by atomic mass is 9.96. The fourth-order valence-corrected chi connectivity index (χ4v) is 4.13. The van der Waals surface area contributed by atoms with Crippen molar-refractivity contribution in [2.45, 2.75) is 20.3 Å². The quantitative estimate of drug-likeness (QED) is 0.885. The molecule has 2 aliphatic rings. The molecule has 0 aromatic heterocycles. The first kappa shape index (κ1) is 18.8. The first-order valence-corrected chi connectivity index (χ1v) is 10.2. The maximum Gasteiger partial charge on any atom is 0.231 e. The number of nitrogens with one attached hydrogen (secondary N) is 1. The molecule has 0 spiro atoms. The Hall–Kier alpha value is -2.53. The summed E-state index contributed by atoms with van der Waals surface area (Å²) >= 11 is 0. The molecule has 1 saturated heterocycles. The Morgan fingerprint density at radius 2 is 1.93 bits per heavy atom. The lowest BCUT2D eigenvalue weighted by molar-refractivity contribution is -0.121. The second-order valence-corrected chi connectivity index (χ2v) is 7.73. The highest BCUT2D eigenvalue weighted by Gasteiger charge is 2.26. The highest BCUT2D eigenvalue weighted by atomic mass is 16.5. The van der Waals surface area contributed by atoms with E-state index in [2.05, 4.69) is 41.1 Å². The molecule has 148 valence electrons. The highest BCUT2D eigenvalue weighted by molar-refractivity contribution is 5.93. The van der Waals surface area contributed by atoms with Crippen LogP contribution in [0.1, 0.15) is 18.1 Å². The van der Waals surface area contributed by atoms with E-state index in [1.54, 1.807) is 0 Å². The zero-order valence-corrected chi connectivity index (χ0v) is 16.8. The summed E-state index contributed by atoms with van der Waals surface area (Å²) in [7, 11) is 0. The van der Waals surface area contributed by atoms with E-state index >= 15 is 0 Å². The van der Waals surface area contributed by atoms with Crippen LogP contribution in [0.2, 0.25) is 0 Å². The first-order valence-electron chi connectivity index (χ1n) is 10.2. The lowest BCUT2D eigenvalue weighted by Gasteiger charge is -2.36. The molecule has 2 aromatic carbocycles. The number of hydrogen-bond acceptors (Lipinski definition) is 4. The molecule has 5 nitrogen and oxygen atoms in total. The number of para-hydroxylation sites is 1. The third-order valence-corrected chi connectivity index (χ3v) is 5.87. The van der Waals surface area contributed by atoms with Crippen molar-refractivity contribution in [1.29, 1.82) is 0 Å². The number of nitrogens with zero attached hydrogens (tertiary/aromatic N) is 2. The molecule has 2 aliphatic heterocycles. The molecule has 0 radical (unpaired) electrons. The second-order valence-electron chi connectivity index (χ2n) is 7.73. The number of benzene rings is 2. The standard InChI is InChI=1S/C23H29N3O2/c1-3-25-10-12-26(13-11-25)21-9-8-20(14-17(21)2)24-23(27)19-15-18-6-4-5-7-22(18)28-16-19/h4-9,14,19H,3,10-13,15-16H2,1-2H3,(H,24,27). The van der Waals surface area contributed by atoms with Gasteiger partial charge in [-0.25, -0.2) is 0 Å². The monoisotopic (exact) mass is 379 g/mol. The maximum atomic E-state index is 12.7. The number of hydrogen-bond donors (Lipinski definition) is 1. The van der Waals surface area contributed by atoms with E-state index in [1.807, 2.05) is 30.3 Å². The van der Waals surface area contributed by atoms with Crippen molar-refractivity contribution in [1.82, 2.24) is 4.90 Å². The van der Waals surface area contributed by atoms with Crippen LogP contribution in [-0.2, 0) is 11.2 Å². The highest BCUT2D eigenvalue weighted by Crippen LogP contribution is 2.28. The zero-order chi connectivity index (χ0) is 19.5. The molecule has 1 atom stereocenters. The largest absolute Gasteiger partial charge is 0.492 e. The van der Waals surface area contributed by atoms with Gasteiger partial charge in [0.25, 0.3) is 0 Å². The summed E-state index contributed by atoms with van der Waals surface area (Å²) in [6, 6.07) is 14.2. The van der Waals surface area contributed by atoms with Crippen molar-refractivity contribution < 1.29 is 9.53 Å². The van der Waals surface area contributed by atoms with E-state index in [-0.39, 0.29) is 11.8 Å². The van der Waals surface area contributed by atoms with Crippen LogP contribution < -0.4 is 15.0 Å². The van der Waals surface area contributed by atoms with E-state index in [0.29, 0.717) is 6.61 Å². The number of aryl methyl sites for hydroxylation is 1. The molecule has 2 heterocycles. The summed E-state index contributed by atoms with van der Waals surface area (Å²) in [5.41, 5.74) is 4.43. The predicted molar refractivity (Wildman–Crippen MR) is 113 cm³/mol. The first-order chi connectivity index (χ1) is 13.6. The topological polar surface area (TPSA) is 44.8 Å². The molecule has 0 saturated carbocycles. The van der Waals surface area contributed by atoms with Crippen molar-refractivity contribution in [3.8, 4) is 5.75 Å². The van der Waals surface area contributed by atoms with Crippen LogP contribution in [0.25, 0.3) is 0 Å². The number of anilines is 2. The minimum atomic E-state index is -0.156. The van der Waals surface area contributed by atoms with E-state index in [9.17, 15) is 4.79 Å². The molecule has 1 N–H and O–H groups in total. The van der Waals surface area contributed by atoms with Gasteiger partial charge in [0.15, 0.2) is 0 Å². The Morgan fingerprint density at radius 3 is 2.68 bits per heavy atom. The molecular weight excluding hydrogens is 350 g/mol. The predicted octanol–water partition coefficient (Wildman–Crippen LogP) is 3.33. The Morgan fingerprint density at radius 1 is 1.14 bits per heavy atom. The van der Waals surface area contributed by atoms with Gasteiger partial charge in [0.2, 0.25) is 5.91 Å². The fourth-order valence-electron chi connectivity index (χ4n) is 4.13. The van der Waals surface area contributed by atoms with Crippen LogP contribution in [0.3, 0.4) is 0 Å². The van der Waals surface area contributed by atoms with Crippen LogP contribution in [0, 0.1) is 12.8 Å². The Balaban J connectivity index is 1.39. The molecule has 4 rings (SSSR count). The minimum Gasteiger partial charge on any atom is -0.492 e. The summed E-state index contributed by atoms with van der Waals surface area (Å²) in [4.78, 5) is 17.7. The van der Waals surface area contributed by atoms with Gasteiger partial charge in [-0.05, 0) is 55.3 Å². The summed E-state index contributed by atoms with van der Waals surface area (Å²) in [6.07, 6.45) is 0.723. The van der Waals surface area contributed by atoms with E-state index in [4.69, 9.17) is 4.74 Å². The smallest absolute Gasteiger partial charge is 0.231 e. The third-order valence-electron chi connectivity index (χ3n) is 5.87. The Labute approximate surface area is 167 Å². The van der Waals surface area contributed by atoms with Crippen molar-refractivity contribution in [2.24, 2.45) is 5.92 Å². The van der Waals surface area contributed by atoms with Gasteiger partial charge in [-0.15, -0.1) is 0 Å². The van der Waals surface area contributed by atoms with Crippen LogP contribution in [-0.4, -0.2) is 50.1 Å². The number of fused-ring (bicyclic) bond motifs is 1. The van der Waals surface area contributed by atoms with E-state index in [0.717, 1.165) is 56.1 Å². The summed E-state index contributed by atoms with van der Waals surface area (Å²) in [5, 5.41) is 3.08. The molecule has 28 heavy (non-hydrogen) atoms. The van der Waals surface area contributed by atoms with Gasteiger partial charge in [-0.1, -0.05) is 25.1 Å². The minimum absolute atomic E-state index is 0.0261. The number of amides is 1. The SMILES string of the molecule is CCN1CCN(c2ccc(NC(=O)C3COc4ccccc4C3)cc2C)CC1. The molecule has 0 aliphatic carbocycles. The number of likely N-dealkylation sites (N-methyl/N-ethyl adjacent to an activating group) is 1. The van der Waals surface area contributed by atoms with E-state index in [1.165, 1.54) is 11.3 Å². The zero-order valence-electron chi connectivity index (χ0n) is 16.8. The normalized spacial score (nSPS) is 19.6. The molecule has 1 fully saturated rings. The van der Waals surface area contributed by atoms with Gasteiger partial charge in [0.1, 0.15) is 12.4 Å². The third kappa shape index (κ3) is 3.99. The molecule has 0 bridgehead atoms. The van der Waals surface area contributed by atoms with Crippen molar-refractivity contribution in [3.63, 3.8) is 0 Å². The average molecular weight is 380 g/mol. The van der Waals surface area contributed by atoms with Crippen molar-refractivity contribution in [2.75, 3.05) is 49.5 Å². The molecule has 1 amide bonds. The van der Waals surface area contributed by atoms with Crippen LogP contribution >= 0.6 is 0 Å². The number of rotatable bonds is 4. The summed E-state index contributed by atoms with van der Waals surface area (Å²) in [5.74, 6) is 0.769. The number of piperazine rings is 1. The van der Waals surface area contributed by atoms with Gasteiger partial charge in [0.05, 0.1) is 5.92 Å². The van der Waals surface area contributed by atoms with Crippen LogP contribution in [0.5, 0.6) is 5.75 Å². The number of ether oxygens (including phenoxy) is 1.